The third-order valence-electron chi connectivity index (χ3n) is 11.4. The molecule has 0 saturated carbocycles. The van der Waals surface area contributed by atoms with Gasteiger partial charge in [0.25, 0.3) is 0 Å². The Bertz CT molecular complexity index is 1950. The number of hydrogen-bond acceptors (Lipinski definition) is 0. The van der Waals surface area contributed by atoms with E-state index in [9.17, 15) is 0 Å². The summed E-state index contributed by atoms with van der Waals surface area (Å²) in [6.45, 7) is 30.2. The van der Waals surface area contributed by atoms with Crippen LogP contribution in [0, 0.1) is 11.8 Å². The lowest BCUT2D eigenvalue weighted by molar-refractivity contribution is 0.448. The molecule has 0 aromatic heterocycles. The van der Waals surface area contributed by atoms with Gasteiger partial charge in [-0.2, -0.15) is 0 Å². The molecule has 5 aromatic carbocycles. The first-order chi connectivity index (χ1) is 24.8. The van der Waals surface area contributed by atoms with E-state index in [-0.39, 0.29) is 10.8 Å². The van der Waals surface area contributed by atoms with Crippen LogP contribution in [0.25, 0.3) is 44.0 Å². The van der Waals surface area contributed by atoms with Gasteiger partial charge in [-0.15, -0.1) is 0 Å². The topological polar surface area (TPSA) is 0 Å². The molecular formula is C52H72. The zero-order chi connectivity index (χ0) is 38.2. The van der Waals surface area contributed by atoms with E-state index in [0.717, 1.165) is 18.8 Å². The molecule has 5 aromatic rings. The summed E-state index contributed by atoms with van der Waals surface area (Å²) in [5, 5.41) is 8.14. The lowest BCUT2D eigenvalue weighted by atomic mass is 9.77. The molecule has 0 fully saturated rings. The largest absolute Gasteiger partial charge is 0.0683 e. The zero-order valence-electron chi connectivity index (χ0n) is 35.5. The molecule has 2 atom stereocenters. The molecule has 0 radical (unpaired) electrons. The van der Waals surface area contributed by atoms with Gasteiger partial charge in [-0.05, 0) is 132 Å². The summed E-state index contributed by atoms with van der Waals surface area (Å²) in [4.78, 5) is 0. The van der Waals surface area contributed by atoms with Gasteiger partial charge < -0.3 is 0 Å². The first kappa shape index (κ1) is 41.4. The minimum atomic E-state index is 0.00240. The Hall–Kier alpha value is -3.38. The zero-order valence-corrected chi connectivity index (χ0v) is 35.5. The van der Waals surface area contributed by atoms with Crippen molar-refractivity contribution in [3.8, 4) is 0 Å². The van der Waals surface area contributed by atoms with Crippen LogP contribution in [0.15, 0.2) is 72.8 Å². The first-order valence-electron chi connectivity index (χ1n) is 21.0. The molecule has 0 aliphatic carbocycles. The van der Waals surface area contributed by atoms with Crippen molar-refractivity contribution in [2.45, 2.75) is 159 Å². The molecule has 0 amide bonds. The summed E-state index contributed by atoms with van der Waals surface area (Å²) < 4.78 is 0. The SMILES string of the molecule is CC.CCCCC(CC)Cc1cc(C(C)(C)C)cc(CCC(C)CCC)c1/C=C(\C)c1c2ccccc2c(C(C)(C)C)c2cc3ccccc3cc12. The molecule has 52 heavy (non-hydrogen) atoms. The van der Waals surface area contributed by atoms with E-state index < -0.39 is 0 Å². The average molecular weight is 697 g/mol. The molecule has 0 aliphatic heterocycles. The third kappa shape index (κ3) is 9.58. The van der Waals surface area contributed by atoms with E-state index in [1.807, 2.05) is 13.8 Å². The maximum Gasteiger partial charge on any atom is -0.00694 e. The normalized spacial score (nSPS) is 13.8. The summed E-state index contributed by atoms with van der Waals surface area (Å²) in [5.41, 5.74) is 10.4. The number of fused-ring (bicyclic) bond motifs is 3. The van der Waals surface area contributed by atoms with Crippen LogP contribution in [-0.2, 0) is 23.7 Å². The highest BCUT2D eigenvalue weighted by Gasteiger charge is 2.25. The van der Waals surface area contributed by atoms with Crippen molar-refractivity contribution in [1.82, 2.24) is 0 Å². The average Bonchev–Trinajstić information content (AvgIpc) is 3.11. The van der Waals surface area contributed by atoms with Crippen molar-refractivity contribution in [2.75, 3.05) is 0 Å². The van der Waals surface area contributed by atoms with Crippen LogP contribution < -0.4 is 0 Å². The van der Waals surface area contributed by atoms with Gasteiger partial charge in [-0.25, -0.2) is 0 Å². The Morgan fingerprint density at radius 1 is 0.654 bits per heavy atom. The number of rotatable bonds is 13. The number of benzene rings is 5. The number of unbranched alkanes of at least 4 members (excludes halogenated alkanes) is 1. The number of allylic oxidation sites excluding steroid dienone is 1. The van der Waals surface area contributed by atoms with Crippen molar-refractivity contribution < 1.29 is 0 Å². The molecule has 0 aliphatic rings. The molecule has 0 heterocycles. The van der Waals surface area contributed by atoms with Crippen LogP contribution in [0.5, 0.6) is 0 Å². The summed E-state index contributed by atoms with van der Waals surface area (Å²) in [5.74, 6) is 1.45. The minimum Gasteiger partial charge on any atom is -0.0683 e. The van der Waals surface area contributed by atoms with Gasteiger partial charge in [0.2, 0.25) is 0 Å². The van der Waals surface area contributed by atoms with E-state index in [2.05, 4.69) is 155 Å². The van der Waals surface area contributed by atoms with Gasteiger partial charge in [-0.1, -0.05) is 188 Å². The van der Waals surface area contributed by atoms with E-state index in [0.29, 0.717) is 5.92 Å². The summed E-state index contributed by atoms with van der Waals surface area (Å²) in [6.07, 6.45) is 13.8. The first-order valence-corrected chi connectivity index (χ1v) is 21.0. The Labute approximate surface area is 319 Å². The predicted octanol–water partition coefficient (Wildman–Crippen LogP) is 16.5. The second-order valence-electron chi connectivity index (χ2n) is 17.6. The van der Waals surface area contributed by atoms with Gasteiger partial charge in [0, 0.05) is 0 Å². The maximum absolute atomic E-state index is 2.61. The van der Waals surface area contributed by atoms with Crippen LogP contribution in [0.3, 0.4) is 0 Å². The second kappa shape index (κ2) is 18.1. The summed E-state index contributed by atoms with van der Waals surface area (Å²) in [6, 6.07) is 28.3. The molecule has 0 nitrogen and oxygen atoms in total. The fourth-order valence-electron chi connectivity index (χ4n) is 8.45. The number of aryl methyl sites for hydroxylation is 1. The third-order valence-corrected chi connectivity index (χ3v) is 11.4. The van der Waals surface area contributed by atoms with Gasteiger partial charge in [0.1, 0.15) is 0 Å². The van der Waals surface area contributed by atoms with Gasteiger partial charge in [0.05, 0.1) is 0 Å². The number of hydrogen-bond donors (Lipinski definition) is 0. The fraction of sp³-hybridized carbons (Fsp3) is 0.500. The van der Waals surface area contributed by atoms with Crippen molar-refractivity contribution >= 4 is 44.0 Å². The highest BCUT2D eigenvalue weighted by Crippen LogP contribution is 2.44. The maximum atomic E-state index is 2.61. The molecule has 2 unspecified atom stereocenters. The monoisotopic (exact) mass is 697 g/mol. The summed E-state index contributed by atoms with van der Waals surface area (Å²) >= 11 is 0. The van der Waals surface area contributed by atoms with E-state index in [4.69, 9.17) is 0 Å². The molecule has 0 bridgehead atoms. The van der Waals surface area contributed by atoms with Crippen molar-refractivity contribution in [1.29, 1.82) is 0 Å². The Morgan fingerprint density at radius 3 is 1.83 bits per heavy atom. The molecule has 0 N–H and O–H groups in total. The van der Waals surface area contributed by atoms with Crippen molar-refractivity contribution in [2.24, 2.45) is 11.8 Å². The smallest absolute Gasteiger partial charge is 0.00694 e. The van der Waals surface area contributed by atoms with Crippen LogP contribution in [0.1, 0.15) is 168 Å². The lowest BCUT2D eigenvalue weighted by Crippen LogP contribution is -2.15. The molecule has 0 heteroatoms. The van der Waals surface area contributed by atoms with Crippen molar-refractivity contribution in [3.63, 3.8) is 0 Å². The van der Waals surface area contributed by atoms with Crippen LogP contribution in [0.2, 0.25) is 0 Å². The lowest BCUT2D eigenvalue weighted by Gasteiger charge is -2.27. The van der Waals surface area contributed by atoms with Crippen LogP contribution >= 0.6 is 0 Å². The van der Waals surface area contributed by atoms with E-state index in [1.54, 1.807) is 11.1 Å². The second-order valence-corrected chi connectivity index (χ2v) is 17.6. The van der Waals surface area contributed by atoms with Crippen LogP contribution in [0.4, 0.5) is 0 Å². The molecule has 5 rings (SSSR count). The van der Waals surface area contributed by atoms with Gasteiger partial charge in [-0.3, -0.25) is 0 Å². The van der Waals surface area contributed by atoms with Gasteiger partial charge >= 0.3 is 0 Å². The van der Waals surface area contributed by atoms with Crippen LogP contribution in [-0.4, -0.2) is 0 Å². The minimum absolute atomic E-state index is 0.00240. The van der Waals surface area contributed by atoms with Gasteiger partial charge in [0.15, 0.2) is 0 Å². The molecule has 0 spiro atoms. The highest BCUT2D eigenvalue weighted by molar-refractivity contribution is 6.16. The van der Waals surface area contributed by atoms with E-state index >= 15 is 0 Å². The Balaban J connectivity index is 0.00000297. The van der Waals surface area contributed by atoms with E-state index in [1.165, 1.54) is 105 Å². The quantitative estimate of drug-likeness (QED) is 0.0849. The molecular weight excluding hydrogens is 625 g/mol. The molecule has 0 saturated heterocycles. The van der Waals surface area contributed by atoms with Crippen molar-refractivity contribution in [3.05, 3.63) is 106 Å². The standard InChI is InChI=1S/C50H66.C2H6/c1-12-15-21-36(14-3)29-40-31-41(49(6,7)8)30-39(27-26-34(4)20-13-2)44(40)28-35(5)47-42-24-18-19-25-43(42)48(50(9,10)11)46-33-38-23-17-16-22-37(38)32-45(46)47;1-2/h16-19,22-25,28,30-34,36H,12-15,20-21,26-27,29H2,1-11H3;1-2H3/b35-28+;. The fourth-order valence-corrected chi connectivity index (χ4v) is 8.45. The highest BCUT2D eigenvalue weighted by atomic mass is 14.3. The Kier molecular flexibility index (Phi) is 14.4. The summed E-state index contributed by atoms with van der Waals surface area (Å²) in [7, 11) is 0. The Morgan fingerprint density at radius 2 is 1.25 bits per heavy atom. The molecule has 280 valence electrons. The predicted molar refractivity (Wildman–Crippen MR) is 237 cm³/mol.